The van der Waals surface area contributed by atoms with Gasteiger partial charge in [-0.1, -0.05) is 6.92 Å². The van der Waals surface area contributed by atoms with Gasteiger partial charge in [-0.05, 0) is 23.4 Å². The van der Waals surface area contributed by atoms with Crippen LogP contribution >= 0.6 is 11.3 Å². The fourth-order valence-electron chi connectivity index (χ4n) is 0.439. The Labute approximate surface area is 47.8 Å². The molecule has 37 valence electrons. The molecule has 0 saturated heterocycles. The smallest absolute Gasteiger partial charge is 0.0445 e. The van der Waals surface area contributed by atoms with Crippen LogP contribution in [0, 0.1) is 5.38 Å². The maximum atomic E-state index is 3.02. The molecule has 0 aromatic carbocycles. The van der Waals surface area contributed by atoms with E-state index >= 15 is 0 Å². The van der Waals surface area contributed by atoms with Gasteiger partial charge in [-0.25, -0.2) is 0 Å². The molecule has 0 fully saturated rings. The Morgan fingerprint density at radius 3 is 3.00 bits per heavy atom. The van der Waals surface area contributed by atoms with Crippen LogP contribution in [0.3, 0.4) is 0 Å². The van der Waals surface area contributed by atoms with Crippen molar-refractivity contribution < 1.29 is 0 Å². The van der Waals surface area contributed by atoms with E-state index in [-0.39, 0.29) is 0 Å². The van der Waals surface area contributed by atoms with Crippen molar-refractivity contribution in [2.75, 3.05) is 0 Å². The molecule has 0 unspecified atom stereocenters. The minimum atomic E-state index is 1.14. The highest BCUT2D eigenvalue weighted by Gasteiger charge is 1.83. The van der Waals surface area contributed by atoms with Crippen LogP contribution in [0.15, 0.2) is 11.4 Å². The molecule has 1 aromatic rings. The van der Waals surface area contributed by atoms with Gasteiger partial charge in [-0.15, -0.1) is 11.3 Å². The Morgan fingerprint density at radius 2 is 2.71 bits per heavy atom. The van der Waals surface area contributed by atoms with E-state index in [1.165, 1.54) is 5.56 Å². The largest absolute Gasteiger partial charge is 0.143 e. The lowest BCUT2D eigenvalue weighted by Gasteiger charge is -1.78. The lowest BCUT2D eigenvalue weighted by molar-refractivity contribution is 1.16. The third-order valence-electron chi connectivity index (χ3n) is 0.931. The fraction of sp³-hybridized carbons (Fsp3) is 0.333. The van der Waals surface area contributed by atoms with Gasteiger partial charge in [0.05, 0.1) is 0 Å². The van der Waals surface area contributed by atoms with Crippen molar-refractivity contribution in [3.8, 4) is 0 Å². The summed E-state index contributed by atoms with van der Waals surface area (Å²) in [5, 5.41) is 5.15. The van der Waals surface area contributed by atoms with Crippen LogP contribution in [0.2, 0.25) is 0 Å². The molecular formula is C6H7S. The van der Waals surface area contributed by atoms with Crippen LogP contribution in [0.1, 0.15) is 12.5 Å². The summed E-state index contributed by atoms with van der Waals surface area (Å²) in [6.45, 7) is 2.15. The number of hydrogen-bond donors (Lipinski definition) is 0. The lowest BCUT2D eigenvalue weighted by Crippen LogP contribution is -1.66. The van der Waals surface area contributed by atoms with Crippen LogP contribution < -0.4 is 0 Å². The molecule has 0 saturated carbocycles. The van der Waals surface area contributed by atoms with E-state index < -0.39 is 0 Å². The predicted molar refractivity (Wildman–Crippen MR) is 32.5 cm³/mol. The summed E-state index contributed by atoms with van der Waals surface area (Å²) in [5.74, 6) is 0. The molecule has 0 spiro atoms. The van der Waals surface area contributed by atoms with Gasteiger partial charge in [-0.2, -0.15) is 0 Å². The minimum absolute atomic E-state index is 1.14. The second-order valence-corrected chi connectivity index (χ2v) is 2.13. The van der Waals surface area contributed by atoms with Crippen LogP contribution in [-0.2, 0) is 6.42 Å². The zero-order valence-corrected chi connectivity index (χ0v) is 5.09. The summed E-state index contributed by atoms with van der Waals surface area (Å²) >= 11 is 1.64. The SMILES string of the molecule is CCc1c[c]sc1. The topological polar surface area (TPSA) is 0 Å². The second kappa shape index (κ2) is 2.12. The Balaban J connectivity index is 2.76. The van der Waals surface area contributed by atoms with Crippen LogP contribution in [-0.4, -0.2) is 0 Å². The number of aryl methyl sites for hydroxylation is 1. The van der Waals surface area contributed by atoms with Crippen molar-refractivity contribution in [3.63, 3.8) is 0 Å². The van der Waals surface area contributed by atoms with Gasteiger partial charge in [0.2, 0.25) is 0 Å². The molecular weight excluding hydrogens is 104 g/mol. The second-order valence-electron chi connectivity index (χ2n) is 1.43. The van der Waals surface area contributed by atoms with Crippen molar-refractivity contribution in [1.29, 1.82) is 0 Å². The average molecular weight is 111 g/mol. The molecule has 1 heterocycles. The van der Waals surface area contributed by atoms with Gasteiger partial charge in [0.1, 0.15) is 0 Å². The first-order valence-corrected chi connectivity index (χ1v) is 3.25. The Morgan fingerprint density at radius 1 is 1.86 bits per heavy atom. The Kier molecular flexibility index (Phi) is 1.47. The number of thiophene rings is 1. The molecule has 1 heteroatoms. The molecule has 0 bridgehead atoms. The standard InChI is InChI=1S/C6H7S/c1-2-6-3-4-7-5-6/h3,5H,2H2,1H3. The Bertz CT molecular complexity index is 119. The van der Waals surface area contributed by atoms with Gasteiger partial charge >= 0.3 is 0 Å². The first-order chi connectivity index (χ1) is 3.43. The maximum Gasteiger partial charge on any atom is 0.0445 e. The van der Waals surface area contributed by atoms with E-state index in [9.17, 15) is 0 Å². The summed E-state index contributed by atoms with van der Waals surface area (Å²) in [4.78, 5) is 0. The van der Waals surface area contributed by atoms with Crippen molar-refractivity contribution in [2.45, 2.75) is 13.3 Å². The van der Waals surface area contributed by atoms with E-state index in [2.05, 4.69) is 17.7 Å². The molecule has 0 nitrogen and oxygen atoms in total. The molecule has 1 aromatic heterocycles. The molecule has 0 amide bonds. The molecule has 0 aliphatic carbocycles. The third-order valence-corrected chi connectivity index (χ3v) is 1.61. The normalized spacial score (nSPS) is 9.29. The van der Waals surface area contributed by atoms with Gasteiger partial charge in [0, 0.05) is 5.38 Å². The zero-order valence-electron chi connectivity index (χ0n) is 4.27. The molecule has 0 aliphatic rings. The van der Waals surface area contributed by atoms with Gasteiger partial charge in [0.25, 0.3) is 0 Å². The maximum absolute atomic E-state index is 3.02. The first kappa shape index (κ1) is 4.85. The fourth-order valence-corrected chi connectivity index (χ4v) is 1.11. The zero-order chi connectivity index (χ0) is 5.11. The molecule has 0 aliphatic heterocycles. The quantitative estimate of drug-likeness (QED) is 0.520. The van der Waals surface area contributed by atoms with E-state index in [4.69, 9.17) is 0 Å². The van der Waals surface area contributed by atoms with Crippen LogP contribution in [0.4, 0.5) is 0 Å². The van der Waals surface area contributed by atoms with Crippen molar-refractivity contribution in [3.05, 3.63) is 22.4 Å². The molecule has 0 N–H and O–H groups in total. The third kappa shape index (κ3) is 1.03. The Hall–Kier alpha value is -0.300. The van der Waals surface area contributed by atoms with Gasteiger partial charge in [0.15, 0.2) is 0 Å². The van der Waals surface area contributed by atoms with E-state index in [1.807, 2.05) is 6.07 Å². The summed E-state index contributed by atoms with van der Waals surface area (Å²) in [6, 6.07) is 2.03. The molecule has 7 heavy (non-hydrogen) atoms. The summed E-state index contributed by atoms with van der Waals surface area (Å²) in [6.07, 6.45) is 1.14. The van der Waals surface area contributed by atoms with E-state index in [1.54, 1.807) is 11.3 Å². The van der Waals surface area contributed by atoms with Crippen molar-refractivity contribution >= 4 is 11.3 Å². The molecule has 1 rings (SSSR count). The summed E-state index contributed by atoms with van der Waals surface area (Å²) < 4.78 is 0. The minimum Gasteiger partial charge on any atom is -0.143 e. The summed E-state index contributed by atoms with van der Waals surface area (Å²) in [5.41, 5.74) is 1.39. The lowest BCUT2D eigenvalue weighted by atomic mass is 10.3. The number of rotatable bonds is 1. The molecule has 0 atom stereocenters. The van der Waals surface area contributed by atoms with Crippen LogP contribution in [0.25, 0.3) is 0 Å². The van der Waals surface area contributed by atoms with E-state index in [0.29, 0.717) is 0 Å². The highest BCUT2D eigenvalue weighted by Crippen LogP contribution is 2.03. The average Bonchev–Trinajstić information content (AvgIpc) is 2.14. The van der Waals surface area contributed by atoms with E-state index in [0.717, 1.165) is 6.42 Å². The van der Waals surface area contributed by atoms with Gasteiger partial charge in [-0.3, -0.25) is 0 Å². The highest BCUT2D eigenvalue weighted by atomic mass is 32.1. The first-order valence-electron chi connectivity index (χ1n) is 2.37. The number of hydrogen-bond acceptors (Lipinski definition) is 1. The monoisotopic (exact) mass is 111 g/mol. The predicted octanol–water partition coefficient (Wildman–Crippen LogP) is 2.11. The van der Waals surface area contributed by atoms with Crippen molar-refractivity contribution in [2.24, 2.45) is 0 Å². The van der Waals surface area contributed by atoms with Gasteiger partial charge < -0.3 is 0 Å². The molecule has 1 radical (unpaired) electrons. The summed E-state index contributed by atoms with van der Waals surface area (Å²) in [7, 11) is 0. The van der Waals surface area contributed by atoms with Crippen molar-refractivity contribution in [1.82, 2.24) is 0 Å². The van der Waals surface area contributed by atoms with Crippen LogP contribution in [0.5, 0.6) is 0 Å². The highest BCUT2D eigenvalue weighted by molar-refractivity contribution is 7.07.